The van der Waals surface area contributed by atoms with Crippen molar-refractivity contribution in [2.24, 2.45) is 0 Å². The van der Waals surface area contributed by atoms with Crippen molar-refractivity contribution in [2.75, 3.05) is 7.11 Å². The standard InChI is InChI=1S/C13H14N2O3.C2H6/c1-18-10-4-5-11-12(8-10)15(6-2-3-7-16)13(17)9-14-11;1-2/h4-5,7-9H,2-3,6H2,1H3;1-2H3. The van der Waals surface area contributed by atoms with Crippen LogP contribution >= 0.6 is 0 Å². The zero-order chi connectivity index (χ0) is 15.0. The maximum Gasteiger partial charge on any atom is 0.269 e. The maximum atomic E-state index is 11.8. The molecule has 0 amide bonds. The summed E-state index contributed by atoms with van der Waals surface area (Å²) in [5.41, 5.74) is 1.30. The Morgan fingerprint density at radius 3 is 2.75 bits per heavy atom. The lowest BCUT2D eigenvalue weighted by atomic mass is 10.2. The van der Waals surface area contributed by atoms with Crippen LogP contribution in [0.1, 0.15) is 26.7 Å². The second kappa shape index (κ2) is 8.09. The number of hydrogen-bond donors (Lipinski definition) is 0. The van der Waals surface area contributed by atoms with Gasteiger partial charge in [-0.05, 0) is 18.6 Å². The van der Waals surface area contributed by atoms with Gasteiger partial charge < -0.3 is 14.1 Å². The van der Waals surface area contributed by atoms with E-state index in [0.29, 0.717) is 25.1 Å². The Morgan fingerprint density at radius 2 is 2.10 bits per heavy atom. The van der Waals surface area contributed by atoms with E-state index in [2.05, 4.69) is 4.98 Å². The molecule has 5 heteroatoms. The van der Waals surface area contributed by atoms with Crippen molar-refractivity contribution in [1.29, 1.82) is 0 Å². The molecule has 0 bridgehead atoms. The van der Waals surface area contributed by atoms with E-state index >= 15 is 0 Å². The van der Waals surface area contributed by atoms with Gasteiger partial charge in [-0.15, -0.1) is 0 Å². The number of methoxy groups -OCH3 is 1. The number of benzene rings is 1. The molecule has 20 heavy (non-hydrogen) atoms. The van der Waals surface area contributed by atoms with Gasteiger partial charge in [-0.3, -0.25) is 4.79 Å². The van der Waals surface area contributed by atoms with E-state index in [9.17, 15) is 9.59 Å². The molecular weight excluding hydrogens is 256 g/mol. The first kappa shape index (κ1) is 15.9. The zero-order valence-electron chi connectivity index (χ0n) is 12.1. The predicted octanol–water partition coefficient (Wildman–Crippen LogP) is 2.41. The van der Waals surface area contributed by atoms with Gasteiger partial charge in [-0.25, -0.2) is 4.98 Å². The van der Waals surface area contributed by atoms with Gasteiger partial charge in [0.2, 0.25) is 0 Å². The summed E-state index contributed by atoms with van der Waals surface area (Å²) in [6, 6.07) is 5.39. The maximum absolute atomic E-state index is 11.8. The number of fused-ring (bicyclic) bond motifs is 1. The summed E-state index contributed by atoms with van der Waals surface area (Å²) in [5, 5.41) is 0. The van der Waals surface area contributed by atoms with E-state index in [-0.39, 0.29) is 5.56 Å². The normalized spacial score (nSPS) is 9.75. The van der Waals surface area contributed by atoms with Gasteiger partial charge in [0.1, 0.15) is 12.0 Å². The Balaban J connectivity index is 0.000000956. The van der Waals surface area contributed by atoms with Crippen molar-refractivity contribution in [3.63, 3.8) is 0 Å². The van der Waals surface area contributed by atoms with Gasteiger partial charge in [0.05, 0.1) is 24.3 Å². The average Bonchev–Trinajstić information content (AvgIpc) is 2.51. The van der Waals surface area contributed by atoms with Crippen molar-refractivity contribution < 1.29 is 9.53 Å². The molecule has 0 saturated carbocycles. The molecule has 0 radical (unpaired) electrons. The Morgan fingerprint density at radius 1 is 1.35 bits per heavy atom. The highest BCUT2D eigenvalue weighted by Gasteiger charge is 2.05. The summed E-state index contributed by atoms with van der Waals surface area (Å²) in [5.74, 6) is 0.680. The molecular formula is C15H20N2O3. The summed E-state index contributed by atoms with van der Waals surface area (Å²) < 4.78 is 6.76. The van der Waals surface area contributed by atoms with Gasteiger partial charge in [0, 0.05) is 19.0 Å². The number of carbonyl (C=O) groups is 1. The SMILES string of the molecule is CC.COc1ccc2ncc(=O)n(CCCC=O)c2c1. The molecule has 0 aliphatic rings. The van der Waals surface area contributed by atoms with Crippen LogP contribution in [0.25, 0.3) is 11.0 Å². The van der Waals surface area contributed by atoms with E-state index < -0.39 is 0 Å². The molecule has 1 aromatic carbocycles. The molecule has 1 aromatic heterocycles. The lowest BCUT2D eigenvalue weighted by Crippen LogP contribution is -2.20. The van der Waals surface area contributed by atoms with E-state index in [1.807, 2.05) is 19.9 Å². The molecule has 2 aromatic rings. The van der Waals surface area contributed by atoms with Crippen molar-refractivity contribution in [1.82, 2.24) is 9.55 Å². The molecule has 0 atom stereocenters. The monoisotopic (exact) mass is 276 g/mol. The number of aldehydes is 1. The summed E-state index contributed by atoms with van der Waals surface area (Å²) >= 11 is 0. The molecule has 5 nitrogen and oxygen atoms in total. The second-order valence-electron chi connectivity index (χ2n) is 3.91. The number of ether oxygens (including phenoxy) is 1. The third-order valence-corrected chi connectivity index (χ3v) is 2.76. The van der Waals surface area contributed by atoms with E-state index in [1.54, 1.807) is 23.8 Å². The quantitative estimate of drug-likeness (QED) is 0.621. The van der Waals surface area contributed by atoms with Crippen LogP contribution in [0.4, 0.5) is 0 Å². The smallest absolute Gasteiger partial charge is 0.269 e. The molecule has 0 N–H and O–H groups in total. The molecule has 0 aliphatic carbocycles. The minimum absolute atomic E-state index is 0.165. The number of nitrogens with zero attached hydrogens (tertiary/aromatic N) is 2. The molecule has 0 aliphatic heterocycles. The van der Waals surface area contributed by atoms with Gasteiger partial charge in [-0.1, -0.05) is 13.8 Å². The number of aromatic nitrogens is 2. The third-order valence-electron chi connectivity index (χ3n) is 2.76. The fourth-order valence-corrected chi connectivity index (χ4v) is 1.83. The number of carbonyl (C=O) groups excluding carboxylic acids is 1. The first-order valence-electron chi connectivity index (χ1n) is 6.73. The molecule has 0 saturated heterocycles. The van der Waals surface area contributed by atoms with E-state index in [0.717, 1.165) is 17.3 Å². The van der Waals surface area contributed by atoms with Crippen LogP contribution < -0.4 is 10.3 Å². The highest BCUT2D eigenvalue weighted by Crippen LogP contribution is 2.17. The fraction of sp³-hybridized carbons (Fsp3) is 0.400. The van der Waals surface area contributed by atoms with Crippen LogP contribution in [0.5, 0.6) is 5.75 Å². The lowest BCUT2D eigenvalue weighted by Gasteiger charge is -2.09. The first-order valence-corrected chi connectivity index (χ1v) is 6.73. The van der Waals surface area contributed by atoms with Crippen molar-refractivity contribution in [3.8, 4) is 5.75 Å². The number of unbranched alkanes of at least 4 members (excludes halogenated alkanes) is 1. The largest absolute Gasteiger partial charge is 0.497 e. The molecule has 0 spiro atoms. The van der Waals surface area contributed by atoms with Crippen molar-refractivity contribution in [3.05, 3.63) is 34.7 Å². The zero-order valence-corrected chi connectivity index (χ0v) is 12.1. The Labute approximate surface area is 118 Å². The average molecular weight is 276 g/mol. The van der Waals surface area contributed by atoms with Crippen LogP contribution in [-0.2, 0) is 11.3 Å². The summed E-state index contributed by atoms with van der Waals surface area (Å²) in [6.45, 7) is 4.50. The predicted molar refractivity (Wildman–Crippen MR) is 79.2 cm³/mol. The molecule has 2 rings (SSSR count). The fourth-order valence-electron chi connectivity index (χ4n) is 1.83. The first-order chi connectivity index (χ1) is 9.76. The van der Waals surface area contributed by atoms with Gasteiger partial charge >= 0.3 is 0 Å². The minimum Gasteiger partial charge on any atom is -0.497 e. The lowest BCUT2D eigenvalue weighted by molar-refractivity contribution is -0.107. The minimum atomic E-state index is -0.165. The van der Waals surface area contributed by atoms with Crippen molar-refractivity contribution >= 4 is 17.3 Å². The van der Waals surface area contributed by atoms with E-state index in [1.165, 1.54) is 6.20 Å². The Bertz CT molecular complexity index is 620. The van der Waals surface area contributed by atoms with Gasteiger partial charge in [0.15, 0.2) is 0 Å². The van der Waals surface area contributed by atoms with Crippen LogP contribution in [0.2, 0.25) is 0 Å². The Kier molecular flexibility index (Phi) is 6.43. The Hall–Kier alpha value is -2.17. The third kappa shape index (κ3) is 3.66. The van der Waals surface area contributed by atoms with Crippen LogP contribution in [0.15, 0.2) is 29.2 Å². The summed E-state index contributed by atoms with van der Waals surface area (Å²) in [4.78, 5) is 26.2. The molecule has 108 valence electrons. The van der Waals surface area contributed by atoms with Gasteiger partial charge in [-0.2, -0.15) is 0 Å². The topological polar surface area (TPSA) is 61.2 Å². The van der Waals surface area contributed by atoms with Crippen LogP contribution in [0.3, 0.4) is 0 Å². The highest BCUT2D eigenvalue weighted by atomic mass is 16.5. The molecule has 0 unspecified atom stereocenters. The summed E-state index contributed by atoms with van der Waals surface area (Å²) in [7, 11) is 1.58. The highest BCUT2D eigenvalue weighted by molar-refractivity contribution is 5.76. The second-order valence-corrected chi connectivity index (χ2v) is 3.91. The van der Waals surface area contributed by atoms with Crippen LogP contribution in [0, 0.1) is 0 Å². The molecule has 1 heterocycles. The number of rotatable bonds is 5. The molecule has 0 fully saturated rings. The van der Waals surface area contributed by atoms with Gasteiger partial charge in [0.25, 0.3) is 5.56 Å². The van der Waals surface area contributed by atoms with Crippen molar-refractivity contribution in [2.45, 2.75) is 33.2 Å². The van der Waals surface area contributed by atoms with E-state index in [4.69, 9.17) is 4.74 Å². The number of hydrogen-bond acceptors (Lipinski definition) is 4. The number of aryl methyl sites for hydroxylation is 1. The van der Waals surface area contributed by atoms with Crippen LogP contribution in [-0.4, -0.2) is 22.9 Å². The summed E-state index contributed by atoms with van der Waals surface area (Å²) in [6.07, 6.45) is 3.24.